The first-order valence-electron chi connectivity index (χ1n) is 21.3. The third kappa shape index (κ3) is 20.6. The van der Waals surface area contributed by atoms with Crippen LogP contribution < -0.4 is 38.4 Å². The number of methoxy groups -OCH3 is 5. The number of allylic oxidation sites excluding steroid dienone is 2. The monoisotopic (exact) mass is 1130 g/mol. The average molecular weight is 1130 g/mol. The Kier molecular flexibility index (Phi) is 25.3. The molecule has 0 aliphatic carbocycles. The number of phenolic OH excluding ortho intramolecular Hbond substituents is 3. The van der Waals surface area contributed by atoms with Crippen molar-refractivity contribution in [1.29, 1.82) is 0 Å². The lowest BCUT2D eigenvalue weighted by atomic mass is 10.0. The van der Waals surface area contributed by atoms with Crippen molar-refractivity contribution in [1.82, 2.24) is 0 Å². The second kappa shape index (κ2) is 30.2. The highest BCUT2D eigenvalue weighted by Gasteiger charge is 2.49. The van der Waals surface area contributed by atoms with Crippen molar-refractivity contribution in [3.8, 4) is 51.7 Å². The van der Waals surface area contributed by atoms with Gasteiger partial charge in [-0.25, -0.2) is 0 Å². The van der Waals surface area contributed by atoms with Crippen LogP contribution in [0.2, 0.25) is 0 Å². The number of benzene rings is 5. The summed E-state index contributed by atoms with van der Waals surface area (Å²) in [5.74, 6) is -1.60. The average Bonchev–Trinajstić information content (AvgIpc) is 3.38. The number of carbonyl (C=O) groups is 4. The summed E-state index contributed by atoms with van der Waals surface area (Å²) < 4.78 is 151. The fourth-order valence-corrected chi connectivity index (χ4v) is 6.59. The van der Waals surface area contributed by atoms with E-state index < -0.39 is 60.8 Å². The van der Waals surface area contributed by atoms with Crippen LogP contribution in [0.15, 0.2) is 109 Å². The van der Waals surface area contributed by atoms with E-state index in [-0.39, 0.29) is 41.6 Å². The van der Waals surface area contributed by atoms with Gasteiger partial charge in [-0.05, 0) is 107 Å². The predicted octanol–water partition coefficient (Wildman–Crippen LogP) is 8.08. The maximum Gasteiger partial charge on any atom is 0.534 e. The van der Waals surface area contributed by atoms with Crippen LogP contribution in [0.1, 0.15) is 47.2 Å². The van der Waals surface area contributed by atoms with Crippen LogP contribution in [0.4, 0.5) is 32.0 Å². The van der Waals surface area contributed by atoms with Gasteiger partial charge in [-0.2, -0.15) is 43.2 Å². The molecule has 0 bridgehead atoms. The lowest BCUT2D eigenvalue weighted by Gasteiger charge is -2.21. The van der Waals surface area contributed by atoms with Crippen LogP contribution in [0.3, 0.4) is 0 Å². The van der Waals surface area contributed by atoms with Crippen LogP contribution in [0.5, 0.6) is 51.7 Å². The van der Waals surface area contributed by atoms with Crippen LogP contribution in [-0.4, -0.2) is 104 Å². The maximum atomic E-state index is 12.6. The molecule has 0 amide bonds. The van der Waals surface area contributed by atoms with Crippen molar-refractivity contribution in [2.45, 2.75) is 35.9 Å². The molecule has 0 saturated heterocycles. The number of alkyl halides is 6. The van der Waals surface area contributed by atoms with E-state index in [2.05, 4.69) is 13.7 Å². The summed E-state index contributed by atoms with van der Waals surface area (Å²) in [6.07, 6.45) is 7.51. The molecule has 0 radical (unpaired) electrons. The van der Waals surface area contributed by atoms with Crippen molar-refractivity contribution < 1.29 is 110 Å². The fraction of sp³-hybridized carbons (Fsp3) is 0.224. The number of rotatable bonds is 20. The highest BCUT2D eigenvalue weighted by molar-refractivity contribution is 7.88. The number of carbonyl (C=O) groups excluding carboxylic acids is 4. The van der Waals surface area contributed by atoms with Crippen molar-refractivity contribution >= 4 is 62.9 Å². The zero-order chi connectivity index (χ0) is 58.1. The molecular formula is C49H50F6N2O18S2. The number of esters is 1. The Labute approximate surface area is 437 Å². The van der Waals surface area contributed by atoms with Crippen molar-refractivity contribution in [2.24, 2.45) is 5.73 Å². The molecule has 5 aromatic carbocycles. The number of aromatic hydroxyl groups is 3. The Hall–Kier alpha value is -8.50. The first kappa shape index (κ1) is 64.6. The van der Waals surface area contributed by atoms with Gasteiger partial charge in [-0.3, -0.25) is 14.4 Å². The molecule has 2 atom stereocenters. The Morgan fingerprint density at radius 2 is 1.05 bits per heavy atom. The van der Waals surface area contributed by atoms with E-state index in [0.29, 0.717) is 52.7 Å². The quantitative estimate of drug-likeness (QED) is 0.00935. The number of nitrogens with one attached hydrogen (secondary N) is 1. The number of aldehydes is 3. The van der Waals surface area contributed by atoms with E-state index in [4.69, 9.17) is 39.6 Å². The Morgan fingerprint density at radius 1 is 0.584 bits per heavy atom. The van der Waals surface area contributed by atoms with E-state index in [9.17, 15) is 67.5 Å². The zero-order valence-electron chi connectivity index (χ0n) is 41.0. The van der Waals surface area contributed by atoms with E-state index in [1.165, 1.54) is 75.9 Å². The third-order valence-corrected chi connectivity index (χ3v) is 11.4. The minimum Gasteiger partial charge on any atom is -0.504 e. The zero-order valence-corrected chi connectivity index (χ0v) is 42.6. The molecule has 0 spiro atoms. The smallest absolute Gasteiger partial charge is 0.504 e. The molecule has 0 aromatic heterocycles. The molecule has 0 heterocycles. The second-order valence-corrected chi connectivity index (χ2v) is 17.7. The Bertz CT molecular complexity index is 3040. The predicted molar refractivity (Wildman–Crippen MR) is 265 cm³/mol. The topological polar surface area (TPSA) is 300 Å². The first-order valence-corrected chi connectivity index (χ1v) is 24.1. The minimum absolute atomic E-state index is 0.0887. The van der Waals surface area contributed by atoms with Crippen molar-refractivity contribution in [2.75, 3.05) is 40.9 Å². The molecule has 0 saturated carbocycles. The van der Waals surface area contributed by atoms with Gasteiger partial charge in [0.2, 0.25) is 0 Å². The number of hydrogen-bond acceptors (Lipinski definition) is 20. The standard InChI is InChI=1S/C19H20F3NO7S.C11H9F3O5S.C10H10O3.C9H11NO3/c1-27-14-7-5-13(6-8-14)23-15(11-18(24)29-3)12-4-9-16(17(10-12)28-2)30-31(25,26)19(20,21)22;1-18-10-7-8(3-2-6-15)4-5-9(10)19-20(16,17)11(12,13)14;1-13-10-7-8(3-2-6-11)4-5-9(10)12;10-7(3-4-11)6-1-2-8(12)9(13)5-6/h4-10,15,23H,11H2,1-3H3;2-7H,1H3;2-7,12H,1H3;1-2,4-5,7,12-13H,3,10H2/b;2*3-2+;. The molecule has 5 aromatic rings. The van der Waals surface area contributed by atoms with E-state index in [1.807, 2.05) is 0 Å². The number of hydrogen-bond donors (Lipinski definition) is 5. The molecule has 0 fully saturated rings. The number of ether oxygens (including phenoxy) is 5. The van der Waals surface area contributed by atoms with Gasteiger partial charge in [0.05, 0.1) is 48.0 Å². The Morgan fingerprint density at radius 3 is 1.51 bits per heavy atom. The molecule has 5 rings (SSSR count). The lowest BCUT2D eigenvalue weighted by molar-refractivity contribution is -0.141. The summed E-state index contributed by atoms with van der Waals surface area (Å²) in [6, 6.07) is 21.9. The number of anilines is 1. The van der Waals surface area contributed by atoms with Gasteiger partial charge in [0.25, 0.3) is 0 Å². The summed E-state index contributed by atoms with van der Waals surface area (Å²) in [5, 5.41) is 30.5. The normalized spacial score (nSPS) is 12.1. The summed E-state index contributed by atoms with van der Waals surface area (Å²) in [7, 11) is -5.17. The molecule has 77 heavy (non-hydrogen) atoms. The SMILES string of the molecule is COC(=O)CC(Nc1ccc(OC)cc1)c1ccc(OS(=O)(=O)C(F)(F)F)c(OC)c1.COc1cc(/C=C/C=O)ccc1O.COc1cc(/C=C/C=O)ccc1OS(=O)(=O)C(F)(F)F.NC(CC=O)c1ccc(O)c(O)c1. The van der Waals surface area contributed by atoms with Crippen LogP contribution in [-0.2, 0) is 44.2 Å². The molecule has 418 valence electrons. The van der Waals surface area contributed by atoms with E-state index in [0.717, 1.165) is 38.0 Å². The highest BCUT2D eigenvalue weighted by atomic mass is 32.2. The van der Waals surface area contributed by atoms with Gasteiger partial charge in [0.1, 0.15) is 24.6 Å². The van der Waals surface area contributed by atoms with Crippen LogP contribution in [0, 0.1) is 0 Å². The van der Waals surface area contributed by atoms with Gasteiger partial charge in [-0.1, -0.05) is 36.4 Å². The first-order chi connectivity index (χ1) is 36.1. The lowest BCUT2D eigenvalue weighted by Crippen LogP contribution is -2.28. The largest absolute Gasteiger partial charge is 0.534 e. The van der Waals surface area contributed by atoms with Crippen molar-refractivity contribution in [3.05, 3.63) is 131 Å². The molecule has 0 aliphatic heterocycles. The fourth-order valence-electron chi connectivity index (χ4n) is 5.66. The number of phenols is 3. The minimum atomic E-state index is -5.88. The summed E-state index contributed by atoms with van der Waals surface area (Å²) in [4.78, 5) is 42.2. The summed E-state index contributed by atoms with van der Waals surface area (Å²) in [6.45, 7) is 0. The number of nitrogens with two attached hydrogens (primary N) is 1. The molecular weight excluding hydrogens is 1080 g/mol. The molecule has 6 N–H and O–H groups in total. The van der Waals surface area contributed by atoms with Gasteiger partial charge >= 0.3 is 37.2 Å². The van der Waals surface area contributed by atoms with Gasteiger partial charge in [0.15, 0.2) is 46.0 Å². The van der Waals surface area contributed by atoms with Crippen LogP contribution >= 0.6 is 0 Å². The van der Waals surface area contributed by atoms with Crippen LogP contribution in [0.25, 0.3) is 12.2 Å². The number of halogens is 6. The summed E-state index contributed by atoms with van der Waals surface area (Å²) >= 11 is 0. The van der Waals surface area contributed by atoms with E-state index in [1.54, 1.807) is 48.5 Å². The van der Waals surface area contributed by atoms with Gasteiger partial charge in [-0.15, -0.1) is 0 Å². The van der Waals surface area contributed by atoms with Gasteiger partial charge in [0, 0.05) is 18.2 Å². The van der Waals surface area contributed by atoms with Crippen molar-refractivity contribution in [3.63, 3.8) is 0 Å². The molecule has 2 unspecified atom stereocenters. The van der Waals surface area contributed by atoms with E-state index >= 15 is 0 Å². The second-order valence-electron chi connectivity index (χ2n) is 14.7. The highest BCUT2D eigenvalue weighted by Crippen LogP contribution is 2.37. The summed E-state index contributed by atoms with van der Waals surface area (Å²) in [5.41, 5.74) is -2.64. The molecule has 20 nitrogen and oxygen atoms in total. The molecule has 0 aliphatic rings. The third-order valence-electron chi connectivity index (χ3n) is 9.49. The maximum absolute atomic E-state index is 12.6. The molecule has 28 heteroatoms. The Balaban J connectivity index is 0.000000378. The van der Waals surface area contributed by atoms with Gasteiger partial charge < -0.3 is 63.2 Å².